The molecule has 0 unspecified atom stereocenters. The highest BCUT2D eigenvalue weighted by molar-refractivity contribution is 5.94. The molecule has 0 saturated carbocycles. The van der Waals surface area contributed by atoms with Crippen LogP contribution >= 0.6 is 0 Å². The lowest BCUT2D eigenvalue weighted by atomic mass is 10.2. The Balaban J connectivity index is 2.66. The molecular formula is C14H19N3O2. The summed E-state index contributed by atoms with van der Waals surface area (Å²) in [6.07, 6.45) is 3.16. The van der Waals surface area contributed by atoms with Crippen LogP contribution < -0.4 is 11.1 Å². The first-order valence-corrected chi connectivity index (χ1v) is 6.10. The second-order valence-corrected chi connectivity index (χ2v) is 4.03. The van der Waals surface area contributed by atoms with Gasteiger partial charge in [0, 0.05) is 25.4 Å². The fourth-order valence-corrected chi connectivity index (χ4v) is 1.48. The number of nitrogens with two attached hydrogens (primary N) is 1. The summed E-state index contributed by atoms with van der Waals surface area (Å²) >= 11 is 0. The Bertz CT molecular complexity index is 466. The summed E-state index contributed by atoms with van der Waals surface area (Å²) in [7, 11) is 1.55. The Morgan fingerprint density at radius 1 is 1.32 bits per heavy atom. The SMILES string of the molecule is CCN(CC(=O)NC)C(=O)/C=C/c1ccc(N)cc1. The molecule has 0 radical (unpaired) electrons. The zero-order chi connectivity index (χ0) is 14.3. The minimum atomic E-state index is -0.192. The molecule has 102 valence electrons. The molecule has 5 nitrogen and oxygen atoms in total. The summed E-state index contributed by atoms with van der Waals surface area (Å²) in [5.74, 6) is -0.376. The molecule has 0 aromatic heterocycles. The topological polar surface area (TPSA) is 75.4 Å². The number of benzene rings is 1. The van der Waals surface area contributed by atoms with E-state index in [1.54, 1.807) is 25.3 Å². The monoisotopic (exact) mass is 261 g/mol. The largest absolute Gasteiger partial charge is 0.399 e. The van der Waals surface area contributed by atoms with Crippen molar-refractivity contribution < 1.29 is 9.59 Å². The fourth-order valence-electron chi connectivity index (χ4n) is 1.48. The van der Waals surface area contributed by atoms with Gasteiger partial charge in [0.05, 0.1) is 6.54 Å². The van der Waals surface area contributed by atoms with E-state index in [0.717, 1.165) is 5.56 Å². The van der Waals surface area contributed by atoms with E-state index in [1.807, 2.05) is 19.1 Å². The summed E-state index contributed by atoms with van der Waals surface area (Å²) in [6, 6.07) is 7.20. The predicted molar refractivity (Wildman–Crippen MR) is 76.2 cm³/mol. The van der Waals surface area contributed by atoms with Gasteiger partial charge in [-0.25, -0.2) is 0 Å². The van der Waals surface area contributed by atoms with Gasteiger partial charge in [-0.2, -0.15) is 0 Å². The smallest absolute Gasteiger partial charge is 0.247 e. The van der Waals surface area contributed by atoms with Gasteiger partial charge in [-0.1, -0.05) is 12.1 Å². The third-order valence-electron chi connectivity index (χ3n) is 2.66. The fraction of sp³-hybridized carbons (Fsp3) is 0.286. The van der Waals surface area contributed by atoms with Crippen molar-refractivity contribution in [1.82, 2.24) is 10.2 Å². The zero-order valence-corrected chi connectivity index (χ0v) is 11.2. The Labute approximate surface area is 113 Å². The lowest BCUT2D eigenvalue weighted by Gasteiger charge is -2.17. The highest BCUT2D eigenvalue weighted by atomic mass is 16.2. The number of carbonyl (C=O) groups excluding carboxylic acids is 2. The number of hydrogen-bond donors (Lipinski definition) is 2. The molecule has 0 aliphatic heterocycles. The highest BCUT2D eigenvalue weighted by Gasteiger charge is 2.11. The van der Waals surface area contributed by atoms with E-state index in [1.165, 1.54) is 11.0 Å². The molecule has 5 heteroatoms. The molecule has 0 saturated heterocycles. The van der Waals surface area contributed by atoms with Crippen molar-refractivity contribution in [1.29, 1.82) is 0 Å². The molecule has 1 aromatic carbocycles. The lowest BCUT2D eigenvalue weighted by molar-refractivity contribution is -0.131. The van der Waals surface area contributed by atoms with E-state index < -0.39 is 0 Å². The van der Waals surface area contributed by atoms with Crippen LogP contribution in [-0.2, 0) is 9.59 Å². The van der Waals surface area contributed by atoms with Crippen LogP contribution in [0, 0.1) is 0 Å². The minimum Gasteiger partial charge on any atom is -0.399 e. The maximum Gasteiger partial charge on any atom is 0.247 e. The van der Waals surface area contributed by atoms with Crippen molar-refractivity contribution in [2.75, 3.05) is 25.9 Å². The van der Waals surface area contributed by atoms with E-state index in [0.29, 0.717) is 12.2 Å². The molecule has 0 aliphatic carbocycles. The number of hydrogen-bond acceptors (Lipinski definition) is 3. The Hall–Kier alpha value is -2.30. The third-order valence-corrected chi connectivity index (χ3v) is 2.66. The Morgan fingerprint density at radius 2 is 1.95 bits per heavy atom. The first kappa shape index (κ1) is 14.8. The van der Waals surface area contributed by atoms with Gasteiger partial charge >= 0.3 is 0 Å². The third kappa shape index (κ3) is 4.83. The van der Waals surface area contributed by atoms with Crippen LogP contribution in [0.2, 0.25) is 0 Å². The first-order valence-electron chi connectivity index (χ1n) is 6.10. The standard InChI is InChI=1S/C14H19N3O2/c1-3-17(10-13(18)16-2)14(19)9-6-11-4-7-12(15)8-5-11/h4-9H,3,10,15H2,1-2H3,(H,16,18)/b9-6+. The van der Waals surface area contributed by atoms with Crippen LogP contribution in [0.5, 0.6) is 0 Å². The van der Waals surface area contributed by atoms with Crippen LogP contribution in [0.1, 0.15) is 12.5 Å². The van der Waals surface area contributed by atoms with Crippen LogP contribution in [0.25, 0.3) is 6.08 Å². The van der Waals surface area contributed by atoms with E-state index in [4.69, 9.17) is 5.73 Å². The van der Waals surface area contributed by atoms with E-state index in [2.05, 4.69) is 5.32 Å². The first-order chi connectivity index (χ1) is 9.06. The molecule has 19 heavy (non-hydrogen) atoms. The lowest BCUT2D eigenvalue weighted by Crippen LogP contribution is -2.38. The van der Waals surface area contributed by atoms with Gasteiger partial charge < -0.3 is 16.0 Å². The average Bonchev–Trinajstić information content (AvgIpc) is 2.43. The van der Waals surface area contributed by atoms with Gasteiger partial charge in [0.2, 0.25) is 11.8 Å². The average molecular weight is 261 g/mol. The number of likely N-dealkylation sites (N-methyl/N-ethyl adjacent to an activating group) is 2. The zero-order valence-electron chi connectivity index (χ0n) is 11.2. The second-order valence-electron chi connectivity index (χ2n) is 4.03. The van der Waals surface area contributed by atoms with Gasteiger partial charge in [-0.05, 0) is 30.7 Å². The molecule has 0 bridgehead atoms. The van der Waals surface area contributed by atoms with Gasteiger partial charge in [0.1, 0.15) is 0 Å². The van der Waals surface area contributed by atoms with Crippen LogP contribution in [0.15, 0.2) is 30.3 Å². The number of rotatable bonds is 5. The molecule has 0 atom stereocenters. The summed E-state index contributed by atoms with van der Waals surface area (Å²) in [6.45, 7) is 2.38. The predicted octanol–water partition coefficient (Wildman–Crippen LogP) is 0.876. The van der Waals surface area contributed by atoms with Crippen molar-refractivity contribution in [3.63, 3.8) is 0 Å². The second kappa shape index (κ2) is 7.20. The summed E-state index contributed by atoms with van der Waals surface area (Å²) in [5.41, 5.74) is 7.15. The maximum atomic E-state index is 11.9. The van der Waals surface area contributed by atoms with Crippen molar-refractivity contribution in [2.45, 2.75) is 6.92 Å². The van der Waals surface area contributed by atoms with E-state index >= 15 is 0 Å². The van der Waals surface area contributed by atoms with E-state index in [9.17, 15) is 9.59 Å². The summed E-state index contributed by atoms with van der Waals surface area (Å²) < 4.78 is 0. The molecule has 0 heterocycles. The van der Waals surface area contributed by atoms with Crippen molar-refractivity contribution in [3.05, 3.63) is 35.9 Å². The van der Waals surface area contributed by atoms with Gasteiger partial charge in [-0.3, -0.25) is 9.59 Å². The number of nitrogens with one attached hydrogen (secondary N) is 1. The van der Waals surface area contributed by atoms with E-state index in [-0.39, 0.29) is 18.4 Å². The minimum absolute atomic E-state index is 0.0674. The molecule has 1 aromatic rings. The highest BCUT2D eigenvalue weighted by Crippen LogP contribution is 2.07. The van der Waals surface area contributed by atoms with Gasteiger partial charge in [0.25, 0.3) is 0 Å². The number of amides is 2. The molecule has 3 N–H and O–H groups in total. The number of carbonyl (C=O) groups is 2. The van der Waals surface area contributed by atoms with Crippen LogP contribution in [0.4, 0.5) is 5.69 Å². The molecular weight excluding hydrogens is 242 g/mol. The number of anilines is 1. The normalized spacial score (nSPS) is 10.4. The maximum absolute atomic E-state index is 11.9. The Kier molecular flexibility index (Phi) is 5.60. The number of nitrogen functional groups attached to an aromatic ring is 1. The molecule has 2 amide bonds. The van der Waals surface area contributed by atoms with Crippen LogP contribution in [-0.4, -0.2) is 36.9 Å². The summed E-state index contributed by atoms with van der Waals surface area (Å²) in [4.78, 5) is 24.6. The number of nitrogens with zero attached hydrogens (tertiary/aromatic N) is 1. The van der Waals surface area contributed by atoms with Crippen molar-refractivity contribution in [3.8, 4) is 0 Å². The van der Waals surface area contributed by atoms with Gasteiger partial charge in [0.15, 0.2) is 0 Å². The van der Waals surface area contributed by atoms with Crippen LogP contribution in [0.3, 0.4) is 0 Å². The molecule has 0 spiro atoms. The molecule has 1 rings (SSSR count). The Morgan fingerprint density at radius 3 is 2.47 bits per heavy atom. The summed E-state index contributed by atoms with van der Waals surface area (Å²) in [5, 5.41) is 2.49. The van der Waals surface area contributed by atoms with Crippen molar-refractivity contribution >= 4 is 23.6 Å². The molecule has 0 fully saturated rings. The van der Waals surface area contributed by atoms with Crippen molar-refractivity contribution in [2.24, 2.45) is 0 Å². The molecule has 0 aliphatic rings. The van der Waals surface area contributed by atoms with Gasteiger partial charge in [-0.15, -0.1) is 0 Å². The quantitative estimate of drug-likeness (QED) is 0.610.